The zero-order valence-corrected chi connectivity index (χ0v) is 9.88. The number of methoxy groups -OCH3 is 1. The lowest BCUT2D eigenvalue weighted by atomic mass is 9.34. The minimum atomic E-state index is -0.179. The number of rotatable bonds is 3. The van der Waals surface area contributed by atoms with Crippen LogP contribution in [0.3, 0.4) is 0 Å². The van der Waals surface area contributed by atoms with E-state index >= 15 is 0 Å². The minimum Gasteiger partial charge on any atom is -0.497 e. The fourth-order valence-electron chi connectivity index (χ4n) is 3.25. The number of halogens is 1. The average molecular weight is 237 g/mol. The second-order valence-corrected chi connectivity index (χ2v) is 5.44. The van der Waals surface area contributed by atoms with Gasteiger partial charge in [0.15, 0.2) is 0 Å². The standard InChI is InChI=1S/C13H13ClO2/c1-16-10-4-2-9(3-5-10)12-6-13(7-12,8-12)11(14)15/h2-5H,6-8H2,1H3. The van der Waals surface area contributed by atoms with Crippen molar-refractivity contribution in [2.24, 2.45) is 5.41 Å². The molecule has 0 atom stereocenters. The van der Waals surface area contributed by atoms with E-state index in [-0.39, 0.29) is 16.1 Å². The summed E-state index contributed by atoms with van der Waals surface area (Å²) < 4.78 is 5.13. The maximum Gasteiger partial charge on any atom is 0.227 e. The van der Waals surface area contributed by atoms with Crippen LogP contribution in [-0.2, 0) is 10.2 Å². The van der Waals surface area contributed by atoms with Crippen molar-refractivity contribution < 1.29 is 9.53 Å². The van der Waals surface area contributed by atoms with E-state index in [4.69, 9.17) is 16.3 Å². The number of hydrogen-bond donors (Lipinski definition) is 0. The number of ether oxygens (including phenoxy) is 1. The van der Waals surface area contributed by atoms with Crippen molar-refractivity contribution in [1.82, 2.24) is 0 Å². The monoisotopic (exact) mass is 236 g/mol. The molecule has 0 aliphatic heterocycles. The van der Waals surface area contributed by atoms with Crippen molar-refractivity contribution in [3.05, 3.63) is 29.8 Å². The highest BCUT2D eigenvalue weighted by molar-refractivity contribution is 6.65. The molecule has 84 valence electrons. The molecule has 3 saturated carbocycles. The summed E-state index contributed by atoms with van der Waals surface area (Å²) in [6, 6.07) is 8.15. The first kappa shape index (κ1) is 10.2. The van der Waals surface area contributed by atoms with Gasteiger partial charge < -0.3 is 4.74 Å². The minimum absolute atomic E-state index is 0.150. The molecule has 1 aromatic carbocycles. The first-order valence-corrected chi connectivity index (χ1v) is 5.83. The smallest absolute Gasteiger partial charge is 0.227 e. The van der Waals surface area contributed by atoms with Gasteiger partial charge in [-0.15, -0.1) is 0 Å². The second kappa shape index (κ2) is 3.01. The molecule has 4 rings (SSSR count). The van der Waals surface area contributed by atoms with Crippen molar-refractivity contribution in [3.63, 3.8) is 0 Å². The highest BCUT2D eigenvalue weighted by atomic mass is 35.5. The van der Waals surface area contributed by atoms with Gasteiger partial charge in [0.05, 0.1) is 7.11 Å². The molecule has 0 unspecified atom stereocenters. The van der Waals surface area contributed by atoms with Crippen LogP contribution in [-0.4, -0.2) is 12.4 Å². The van der Waals surface area contributed by atoms with E-state index in [1.165, 1.54) is 5.56 Å². The summed E-state index contributed by atoms with van der Waals surface area (Å²) in [5, 5.41) is -0.150. The fraction of sp³-hybridized carbons (Fsp3) is 0.462. The van der Waals surface area contributed by atoms with Crippen LogP contribution in [0.2, 0.25) is 0 Å². The van der Waals surface area contributed by atoms with E-state index in [0.29, 0.717) is 0 Å². The molecule has 0 radical (unpaired) electrons. The molecule has 0 heterocycles. The van der Waals surface area contributed by atoms with Crippen molar-refractivity contribution >= 4 is 16.8 Å². The Kier molecular flexibility index (Phi) is 1.91. The molecule has 16 heavy (non-hydrogen) atoms. The Morgan fingerprint density at radius 1 is 1.25 bits per heavy atom. The fourth-order valence-corrected chi connectivity index (χ4v) is 3.45. The zero-order chi connectivity index (χ0) is 11.4. The Morgan fingerprint density at radius 2 is 1.81 bits per heavy atom. The molecule has 1 aromatic rings. The molecule has 3 heteroatoms. The Bertz CT molecular complexity index is 430. The summed E-state index contributed by atoms with van der Waals surface area (Å²) in [5.41, 5.74) is 1.37. The summed E-state index contributed by atoms with van der Waals surface area (Å²) in [7, 11) is 1.66. The van der Waals surface area contributed by atoms with E-state index in [2.05, 4.69) is 12.1 Å². The van der Waals surface area contributed by atoms with Crippen molar-refractivity contribution in [2.45, 2.75) is 24.7 Å². The van der Waals surface area contributed by atoms with Gasteiger partial charge >= 0.3 is 0 Å². The topological polar surface area (TPSA) is 26.3 Å². The molecular weight excluding hydrogens is 224 g/mol. The lowest BCUT2D eigenvalue weighted by Gasteiger charge is -2.69. The maximum absolute atomic E-state index is 11.2. The second-order valence-electron chi connectivity index (χ2n) is 5.09. The SMILES string of the molecule is COc1ccc(C23CC(C(=O)Cl)(C2)C3)cc1. The van der Waals surface area contributed by atoms with E-state index in [1.54, 1.807) is 7.11 Å². The van der Waals surface area contributed by atoms with Crippen molar-refractivity contribution in [1.29, 1.82) is 0 Å². The van der Waals surface area contributed by atoms with Crippen LogP contribution in [0, 0.1) is 5.41 Å². The van der Waals surface area contributed by atoms with Gasteiger partial charge in [-0.1, -0.05) is 12.1 Å². The largest absolute Gasteiger partial charge is 0.497 e. The van der Waals surface area contributed by atoms with Gasteiger partial charge in [-0.2, -0.15) is 0 Å². The molecule has 2 bridgehead atoms. The normalized spacial score (nSPS) is 34.9. The number of carbonyl (C=O) groups excluding carboxylic acids is 1. The lowest BCUT2D eigenvalue weighted by Crippen LogP contribution is -2.66. The molecule has 3 aliphatic carbocycles. The van der Waals surface area contributed by atoms with Crippen LogP contribution < -0.4 is 4.74 Å². The molecule has 2 nitrogen and oxygen atoms in total. The Hall–Kier alpha value is -1.02. The van der Waals surface area contributed by atoms with Gasteiger partial charge in [0.25, 0.3) is 0 Å². The zero-order valence-electron chi connectivity index (χ0n) is 9.13. The predicted molar refractivity (Wildman–Crippen MR) is 61.8 cm³/mol. The first-order valence-electron chi connectivity index (χ1n) is 5.45. The Morgan fingerprint density at radius 3 is 2.25 bits per heavy atom. The van der Waals surface area contributed by atoms with Gasteiger partial charge in [0, 0.05) is 5.41 Å². The predicted octanol–water partition coefficient (Wildman–Crippen LogP) is 2.88. The van der Waals surface area contributed by atoms with Crippen molar-refractivity contribution in [3.8, 4) is 5.75 Å². The van der Waals surface area contributed by atoms with Crippen LogP contribution in [0.5, 0.6) is 5.75 Å². The summed E-state index contributed by atoms with van der Waals surface area (Å²) in [6.45, 7) is 0. The molecule has 0 amide bonds. The Balaban J connectivity index is 1.79. The molecule has 0 spiro atoms. The van der Waals surface area contributed by atoms with E-state index in [0.717, 1.165) is 25.0 Å². The van der Waals surface area contributed by atoms with Gasteiger partial charge in [0.2, 0.25) is 5.24 Å². The summed E-state index contributed by atoms with van der Waals surface area (Å²) in [4.78, 5) is 11.2. The third kappa shape index (κ3) is 1.11. The van der Waals surface area contributed by atoms with E-state index < -0.39 is 0 Å². The summed E-state index contributed by atoms with van der Waals surface area (Å²) in [6.07, 6.45) is 2.78. The third-order valence-corrected chi connectivity index (χ3v) is 4.55. The summed E-state index contributed by atoms with van der Waals surface area (Å²) >= 11 is 5.60. The molecule has 0 N–H and O–H groups in total. The van der Waals surface area contributed by atoms with Gasteiger partial charge in [0.1, 0.15) is 5.75 Å². The molecule has 3 fully saturated rings. The number of benzene rings is 1. The van der Waals surface area contributed by atoms with Gasteiger partial charge in [-0.25, -0.2) is 0 Å². The van der Waals surface area contributed by atoms with Gasteiger partial charge in [-0.05, 0) is 54.0 Å². The van der Waals surface area contributed by atoms with Crippen molar-refractivity contribution in [2.75, 3.05) is 7.11 Å². The Labute approximate surface area is 99.6 Å². The highest BCUT2D eigenvalue weighted by Crippen LogP contribution is 2.74. The molecule has 0 aromatic heterocycles. The first-order chi connectivity index (χ1) is 7.60. The van der Waals surface area contributed by atoms with Crippen LogP contribution in [0.25, 0.3) is 0 Å². The van der Waals surface area contributed by atoms with Gasteiger partial charge in [-0.3, -0.25) is 4.79 Å². The van der Waals surface area contributed by atoms with Crippen LogP contribution >= 0.6 is 11.6 Å². The number of hydrogen-bond acceptors (Lipinski definition) is 2. The molecule has 0 saturated heterocycles. The van der Waals surface area contributed by atoms with Crippen LogP contribution in [0.1, 0.15) is 24.8 Å². The van der Waals surface area contributed by atoms with Crippen LogP contribution in [0.15, 0.2) is 24.3 Å². The van der Waals surface area contributed by atoms with E-state index in [1.807, 2.05) is 12.1 Å². The lowest BCUT2D eigenvalue weighted by molar-refractivity contribution is -0.164. The quantitative estimate of drug-likeness (QED) is 0.755. The highest BCUT2D eigenvalue weighted by Gasteiger charge is 2.71. The van der Waals surface area contributed by atoms with Crippen LogP contribution in [0.4, 0.5) is 0 Å². The van der Waals surface area contributed by atoms with E-state index in [9.17, 15) is 4.79 Å². The molecular formula is C13H13ClO2. The molecule has 3 aliphatic rings. The number of carbonyl (C=O) groups is 1. The third-order valence-electron chi connectivity index (χ3n) is 4.15. The maximum atomic E-state index is 11.2. The summed E-state index contributed by atoms with van der Waals surface area (Å²) in [5.74, 6) is 0.874. The average Bonchev–Trinajstić information content (AvgIpc) is 2.14.